The molecule has 44 heavy (non-hydrogen) atoms. The Morgan fingerprint density at radius 3 is 0.932 bits per heavy atom. The van der Waals surface area contributed by atoms with Gasteiger partial charge < -0.3 is 18.3 Å². The van der Waals surface area contributed by atoms with Gasteiger partial charge in [0.15, 0.2) is 12.6 Å². The van der Waals surface area contributed by atoms with Crippen LogP contribution in [0.2, 0.25) is 26.2 Å². The average Bonchev–Trinajstić information content (AvgIpc) is 2.84. The monoisotopic (exact) mass is 642 g/mol. The van der Waals surface area contributed by atoms with E-state index in [0.717, 1.165) is 46.3 Å². The quantitative estimate of drug-likeness (QED) is 0.211. The Morgan fingerprint density at radius 1 is 0.500 bits per heavy atom. The fraction of sp³-hybridized carbons (Fsp3) is 0.611. The van der Waals surface area contributed by atoms with Crippen LogP contribution >= 0.6 is 0 Å². The van der Waals surface area contributed by atoms with Crippen LogP contribution < -0.4 is 18.3 Å². The molecule has 0 saturated carbocycles. The van der Waals surface area contributed by atoms with Crippen molar-refractivity contribution in [2.24, 2.45) is 0 Å². The number of benzene rings is 2. The molecule has 0 fully saturated rings. The van der Waals surface area contributed by atoms with Gasteiger partial charge in [-0.2, -0.15) is 0 Å². The van der Waals surface area contributed by atoms with Gasteiger partial charge in [-0.05, 0) is 60.0 Å². The molecular formula is C36H58O6Si2. The summed E-state index contributed by atoms with van der Waals surface area (Å²) in [5, 5.41) is 0. The summed E-state index contributed by atoms with van der Waals surface area (Å²) in [5.74, 6) is 3.05. The van der Waals surface area contributed by atoms with E-state index in [4.69, 9.17) is 18.3 Å². The van der Waals surface area contributed by atoms with Crippen molar-refractivity contribution in [3.8, 4) is 23.0 Å². The summed E-state index contributed by atoms with van der Waals surface area (Å²) >= 11 is 0. The molecule has 0 N–H and O–H groups in total. The summed E-state index contributed by atoms with van der Waals surface area (Å²) in [5.41, 5.74) is 4.66. The Bertz CT molecular complexity index is 1200. The van der Waals surface area contributed by atoms with Crippen LogP contribution in [0, 0.1) is 0 Å². The fourth-order valence-corrected chi connectivity index (χ4v) is 6.30. The Balaban J connectivity index is 0.000000440. The van der Waals surface area contributed by atoms with E-state index in [1.807, 2.05) is 12.1 Å². The van der Waals surface area contributed by atoms with Crippen molar-refractivity contribution in [1.29, 1.82) is 0 Å². The second-order valence-corrected chi connectivity index (χ2v) is 19.8. The number of rotatable bonds is 8. The van der Waals surface area contributed by atoms with E-state index in [-0.39, 0.29) is 21.7 Å². The summed E-state index contributed by atoms with van der Waals surface area (Å²) in [6.07, 6.45) is 1.79. The van der Waals surface area contributed by atoms with Gasteiger partial charge >= 0.3 is 0 Å². The lowest BCUT2D eigenvalue weighted by molar-refractivity contribution is 0.111. The summed E-state index contributed by atoms with van der Waals surface area (Å²) in [6.45, 7) is 33.7. The number of carbonyl (C=O) groups is 2. The summed E-state index contributed by atoms with van der Waals surface area (Å²) in [4.78, 5) is 23.3. The number of methoxy groups -OCH3 is 2. The molecule has 0 bridgehead atoms. The first-order valence-corrected chi connectivity index (χ1v) is 20.1. The summed E-state index contributed by atoms with van der Waals surface area (Å²) in [6, 6.07) is 3.84. The fourth-order valence-electron chi connectivity index (χ4n) is 5.04. The van der Waals surface area contributed by atoms with Gasteiger partial charge in [0.1, 0.15) is 23.0 Å². The molecule has 0 aliphatic rings. The molecule has 0 saturated heterocycles. The maximum absolute atomic E-state index is 11.7. The lowest BCUT2D eigenvalue weighted by atomic mass is 9.78. The minimum Gasteiger partial charge on any atom is -0.542 e. The molecule has 2 rings (SSSR count). The molecule has 0 unspecified atom stereocenters. The Morgan fingerprint density at radius 2 is 0.773 bits per heavy atom. The van der Waals surface area contributed by atoms with Gasteiger partial charge in [-0.3, -0.25) is 9.59 Å². The van der Waals surface area contributed by atoms with Crippen LogP contribution in [-0.2, 0) is 21.7 Å². The second-order valence-electron chi connectivity index (χ2n) is 15.8. The highest BCUT2D eigenvalue weighted by atomic mass is 28.3. The Kier molecular flexibility index (Phi) is 13.2. The lowest BCUT2D eigenvalue weighted by Crippen LogP contribution is -2.23. The van der Waals surface area contributed by atoms with Gasteiger partial charge in [0.25, 0.3) is 18.1 Å². The number of aldehydes is 2. The van der Waals surface area contributed by atoms with E-state index in [2.05, 4.69) is 109 Å². The number of hydrogen-bond acceptors (Lipinski definition) is 6. The molecule has 8 heteroatoms. The number of hydrogen-bond donors (Lipinski definition) is 0. The minimum atomic E-state index is -0.987. The van der Waals surface area contributed by atoms with Crippen molar-refractivity contribution >= 4 is 30.7 Å². The normalized spacial score (nSPS) is 12.5. The van der Waals surface area contributed by atoms with Gasteiger partial charge in [0.2, 0.25) is 0 Å². The highest BCUT2D eigenvalue weighted by Crippen LogP contribution is 2.48. The van der Waals surface area contributed by atoms with Crippen molar-refractivity contribution in [2.45, 2.75) is 131 Å². The van der Waals surface area contributed by atoms with E-state index < -0.39 is 18.1 Å². The molecule has 0 heterocycles. The highest BCUT2D eigenvalue weighted by Gasteiger charge is 2.34. The number of carbonyl (C=O) groups excluding carboxylic acids is 2. The van der Waals surface area contributed by atoms with Crippen LogP contribution in [0.1, 0.15) is 126 Å². The second kappa shape index (κ2) is 14.7. The topological polar surface area (TPSA) is 71.1 Å². The van der Waals surface area contributed by atoms with Gasteiger partial charge in [0.05, 0.1) is 25.3 Å². The molecule has 0 aliphatic carbocycles. The maximum Gasteiger partial charge on any atom is 0.274 e. The Labute approximate surface area is 271 Å². The minimum absolute atomic E-state index is 0.117. The smallest absolute Gasteiger partial charge is 0.274 e. The van der Waals surface area contributed by atoms with E-state index in [9.17, 15) is 9.59 Å². The molecule has 0 amide bonds. The predicted molar refractivity (Wildman–Crippen MR) is 188 cm³/mol. The van der Waals surface area contributed by atoms with Crippen LogP contribution in [0.15, 0.2) is 12.1 Å². The van der Waals surface area contributed by atoms with E-state index >= 15 is 0 Å². The number of ether oxygens (including phenoxy) is 2. The molecule has 2 aromatic rings. The largest absolute Gasteiger partial charge is 0.542 e. The molecule has 0 spiro atoms. The van der Waals surface area contributed by atoms with Gasteiger partial charge in [0, 0.05) is 22.3 Å². The van der Waals surface area contributed by atoms with Gasteiger partial charge in [-0.15, -0.1) is 0 Å². The van der Waals surface area contributed by atoms with Crippen molar-refractivity contribution in [2.75, 3.05) is 14.2 Å². The first kappa shape index (κ1) is 39.4. The SMILES string of the molecule is COc1c(C(C)(C)C)cc(C=O)c(O[Si](C)C)c1C(C)(C)C.COc1c(C(C)(C)C)cc(C=O)c(O[Si](C)C)c1C(C)(C)C. The van der Waals surface area contributed by atoms with Crippen LogP contribution in [0.25, 0.3) is 0 Å². The zero-order chi connectivity index (χ0) is 34.6. The van der Waals surface area contributed by atoms with Crippen molar-refractivity contribution in [1.82, 2.24) is 0 Å². The van der Waals surface area contributed by atoms with Crippen molar-refractivity contribution < 1.29 is 27.9 Å². The van der Waals surface area contributed by atoms with E-state index in [0.29, 0.717) is 22.6 Å². The maximum atomic E-state index is 11.7. The van der Waals surface area contributed by atoms with Crippen molar-refractivity contribution in [3.05, 3.63) is 45.5 Å². The third-order valence-corrected chi connectivity index (χ3v) is 8.14. The van der Waals surface area contributed by atoms with Gasteiger partial charge in [-0.25, -0.2) is 0 Å². The molecule has 0 atom stereocenters. The average molecular weight is 643 g/mol. The first-order valence-electron chi connectivity index (χ1n) is 15.2. The lowest BCUT2D eigenvalue weighted by Gasteiger charge is -2.32. The first-order chi connectivity index (χ1) is 19.9. The molecular weight excluding hydrogens is 585 g/mol. The van der Waals surface area contributed by atoms with Crippen LogP contribution in [0.3, 0.4) is 0 Å². The molecule has 6 nitrogen and oxygen atoms in total. The summed E-state index contributed by atoms with van der Waals surface area (Å²) in [7, 11) is 1.40. The Hall–Kier alpha value is -2.59. The zero-order valence-corrected chi connectivity index (χ0v) is 32.8. The zero-order valence-electron chi connectivity index (χ0n) is 30.8. The van der Waals surface area contributed by atoms with Crippen LogP contribution in [0.4, 0.5) is 0 Å². The highest BCUT2D eigenvalue weighted by molar-refractivity contribution is 6.49. The standard InChI is InChI=1S/2C18H29O3Si/c2*1-17(2,3)13-10-12(11-19)15(21-22(8)9)14(16(13)20-7)18(4,5)6/h2*10-11H,1-9H3. The molecule has 246 valence electrons. The third kappa shape index (κ3) is 9.70. The van der Waals surface area contributed by atoms with Crippen LogP contribution in [0.5, 0.6) is 23.0 Å². The summed E-state index contributed by atoms with van der Waals surface area (Å²) < 4.78 is 23.7. The molecule has 2 aromatic carbocycles. The van der Waals surface area contributed by atoms with Crippen molar-refractivity contribution in [3.63, 3.8) is 0 Å². The predicted octanol–water partition coefficient (Wildman–Crippen LogP) is 9.47. The molecule has 0 aliphatic heterocycles. The molecule has 0 aromatic heterocycles. The van der Waals surface area contributed by atoms with Gasteiger partial charge in [-0.1, -0.05) is 83.1 Å². The third-order valence-electron chi connectivity index (χ3n) is 6.91. The van der Waals surface area contributed by atoms with E-state index in [1.165, 1.54) is 0 Å². The molecule has 2 radical (unpaired) electrons. The van der Waals surface area contributed by atoms with Crippen LogP contribution in [-0.4, -0.2) is 44.9 Å². The van der Waals surface area contributed by atoms with E-state index in [1.54, 1.807) is 14.2 Å².